The molecule has 1 fully saturated rings. The summed E-state index contributed by atoms with van der Waals surface area (Å²) in [5, 5.41) is 17.4. The van der Waals surface area contributed by atoms with Gasteiger partial charge in [0.1, 0.15) is 0 Å². The normalized spacial score (nSPS) is 22.6. The zero-order chi connectivity index (χ0) is 13.9. The molecule has 4 heteroatoms. The molecule has 4 nitrogen and oxygen atoms in total. The first-order valence-corrected chi connectivity index (χ1v) is 7.14. The van der Waals surface area contributed by atoms with E-state index in [1.807, 2.05) is 24.3 Å². The standard InChI is InChI=1S/C16H17N3O/c17-10-12-7-5-11(6-8-12)9-15-13-3-1-2-4-14(13)16(20)19-18-15/h1-4,11-12H,5-9H2,(H,19,20). The topological polar surface area (TPSA) is 69.5 Å². The van der Waals surface area contributed by atoms with E-state index in [9.17, 15) is 4.79 Å². The first kappa shape index (κ1) is 12.9. The number of rotatable bonds is 2. The van der Waals surface area contributed by atoms with Crippen molar-refractivity contribution in [2.75, 3.05) is 0 Å². The van der Waals surface area contributed by atoms with Gasteiger partial charge in [-0.1, -0.05) is 18.2 Å². The van der Waals surface area contributed by atoms with E-state index < -0.39 is 0 Å². The summed E-state index contributed by atoms with van der Waals surface area (Å²) in [6, 6.07) is 9.99. The maximum absolute atomic E-state index is 11.8. The van der Waals surface area contributed by atoms with Crippen LogP contribution in [0.2, 0.25) is 0 Å². The summed E-state index contributed by atoms with van der Waals surface area (Å²) in [6.45, 7) is 0. The smallest absolute Gasteiger partial charge is 0.267 e. The summed E-state index contributed by atoms with van der Waals surface area (Å²) in [7, 11) is 0. The third-order valence-corrected chi connectivity index (χ3v) is 4.29. The predicted octanol–water partition coefficient (Wildman–Crippen LogP) is 2.80. The Bertz CT molecular complexity index is 705. The van der Waals surface area contributed by atoms with Gasteiger partial charge >= 0.3 is 0 Å². The fourth-order valence-electron chi connectivity index (χ4n) is 3.10. The molecular formula is C16H17N3O. The molecule has 0 bridgehead atoms. The minimum absolute atomic E-state index is 0.127. The van der Waals surface area contributed by atoms with Crippen LogP contribution in [0.1, 0.15) is 31.4 Å². The van der Waals surface area contributed by atoms with E-state index in [0.717, 1.165) is 43.2 Å². The van der Waals surface area contributed by atoms with Gasteiger partial charge in [0.15, 0.2) is 0 Å². The van der Waals surface area contributed by atoms with E-state index >= 15 is 0 Å². The Kier molecular flexibility index (Phi) is 3.51. The van der Waals surface area contributed by atoms with Crippen molar-refractivity contribution in [2.24, 2.45) is 11.8 Å². The average molecular weight is 267 g/mol. The van der Waals surface area contributed by atoms with Gasteiger partial charge in [0, 0.05) is 11.3 Å². The van der Waals surface area contributed by atoms with Crippen molar-refractivity contribution < 1.29 is 0 Å². The highest BCUT2D eigenvalue weighted by atomic mass is 16.1. The number of nitrogens with zero attached hydrogens (tertiary/aromatic N) is 2. The lowest BCUT2D eigenvalue weighted by molar-refractivity contribution is 0.312. The molecule has 3 rings (SSSR count). The average Bonchev–Trinajstić information content (AvgIpc) is 2.51. The number of nitriles is 1. The number of aromatic amines is 1. The zero-order valence-electron chi connectivity index (χ0n) is 11.3. The van der Waals surface area contributed by atoms with Crippen LogP contribution in [0, 0.1) is 23.2 Å². The van der Waals surface area contributed by atoms with E-state index in [-0.39, 0.29) is 11.5 Å². The Morgan fingerprint density at radius 1 is 1.20 bits per heavy atom. The summed E-state index contributed by atoms with van der Waals surface area (Å²) >= 11 is 0. The molecule has 1 N–H and O–H groups in total. The molecule has 1 aliphatic carbocycles. The second-order valence-corrected chi connectivity index (χ2v) is 5.60. The van der Waals surface area contributed by atoms with Gasteiger partial charge in [0.25, 0.3) is 5.56 Å². The molecule has 0 atom stereocenters. The minimum Gasteiger partial charge on any atom is -0.267 e. The van der Waals surface area contributed by atoms with Gasteiger partial charge in [-0.3, -0.25) is 4.79 Å². The first-order chi connectivity index (χ1) is 9.78. The van der Waals surface area contributed by atoms with Crippen LogP contribution in [0.5, 0.6) is 0 Å². The molecule has 0 aliphatic heterocycles. The molecule has 0 amide bonds. The van der Waals surface area contributed by atoms with Crippen LogP contribution in [0.3, 0.4) is 0 Å². The highest BCUT2D eigenvalue weighted by Gasteiger charge is 2.22. The summed E-state index contributed by atoms with van der Waals surface area (Å²) in [5.41, 5.74) is 0.846. The molecule has 102 valence electrons. The van der Waals surface area contributed by atoms with Crippen LogP contribution in [-0.4, -0.2) is 10.2 Å². The fourth-order valence-corrected chi connectivity index (χ4v) is 3.10. The van der Waals surface area contributed by atoms with E-state index in [2.05, 4.69) is 16.3 Å². The van der Waals surface area contributed by atoms with E-state index in [1.165, 1.54) is 0 Å². The van der Waals surface area contributed by atoms with Crippen LogP contribution in [0.4, 0.5) is 0 Å². The molecule has 0 spiro atoms. The highest BCUT2D eigenvalue weighted by molar-refractivity contribution is 5.83. The molecule has 1 aliphatic rings. The minimum atomic E-state index is -0.127. The Labute approximate surface area is 117 Å². The van der Waals surface area contributed by atoms with Crippen LogP contribution in [0.15, 0.2) is 29.1 Å². The molecule has 1 aromatic heterocycles. The molecule has 20 heavy (non-hydrogen) atoms. The third-order valence-electron chi connectivity index (χ3n) is 4.29. The molecule has 1 heterocycles. The summed E-state index contributed by atoms with van der Waals surface area (Å²) in [6.07, 6.45) is 5.01. The first-order valence-electron chi connectivity index (χ1n) is 7.14. The van der Waals surface area contributed by atoms with E-state index in [0.29, 0.717) is 11.3 Å². The van der Waals surface area contributed by atoms with Crippen LogP contribution < -0.4 is 5.56 Å². The number of nitrogens with one attached hydrogen (secondary N) is 1. The number of hydrogen-bond donors (Lipinski definition) is 1. The largest absolute Gasteiger partial charge is 0.272 e. The number of aromatic nitrogens is 2. The van der Waals surface area contributed by atoms with E-state index in [1.54, 1.807) is 0 Å². The molecule has 1 aromatic carbocycles. The van der Waals surface area contributed by atoms with Gasteiger partial charge in [-0.25, -0.2) is 5.10 Å². The van der Waals surface area contributed by atoms with Gasteiger partial charge in [-0.15, -0.1) is 0 Å². The quantitative estimate of drug-likeness (QED) is 0.909. The van der Waals surface area contributed by atoms with Crippen molar-refractivity contribution in [2.45, 2.75) is 32.1 Å². The van der Waals surface area contributed by atoms with Crippen molar-refractivity contribution in [1.29, 1.82) is 5.26 Å². The molecule has 0 unspecified atom stereocenters. The number of fused-ring (bicyclic) bond motifs is 1. The third kappa shape index (κ3) is 2.44. The zero-order valence-corrected chi connectivity index (χ0v) is 11.3. The maximum atomic E-state index is 11.8. The second kappa shape index (κ2) is 5.46. The summed E-state index contributed by atoms with van der Waals surface area (Å²) in [5.74, 6) is 0.799. The number of hydrogen-bond acceptors (Lipinski definition) is 3. The van der Waals surface area contributed by atoms with Gasteiger partial charge in [-0.2, -0.15) is 10.4 Å². The Morgan fingerprint density at radius 2 is 1.90 bits per heavy atom. The monoisotopic (exact) mass is 267 g/mol. The van der Waals surface area contributed by atoms with Crippen LogP contribution >= 0.6 is 0 Å². The highest BCUT2D eigenvalue weighted by Crippen LogP contribution is 2.31. The maximum Gasteiger partial charge on any atom is 0.272 e. The Morgan fingerprint density at radius 3 is 2.60 bits per heavy atom. The van der Waals surface area contributed by atoms with Gasteiger partial charge in [0.05, 0.1) is 17.1 Å². The predicted molar refractivity (Wildman–Crippen MR) is 77.1 cm³/mol. The van der Waals surface area contributed by atoms with Crippen LogP contribution in [0.25, 0.3) is 10.8 Å². The van der Waals surface area contributed by atoms with Gasteiger partial charge < -0.3 is 0 Å². The lowest BCUT2D eigenvalue weighted by Crippen LogP contribution is -2.18. The van der Waals surface area contributed by atoms with Crippen molar-refractivity contribution in [3.8, 4) is 6.07 Å². The van der Waals surface area contributed by atoms with E-state index in [4.69, 9.17) is 5.26 Å². The second-order valence-electron chi connectivity index (χ2n) is 5.60. The molecular weight excluding hydrogens is 250 g/mol. The van der Waals surface area contributed by atoms with Crippen molar-refractivity contribution >= 4 is 10.8 Å². The fraction of sp³-hybridized carbons (Fsp3) is 0.438. The SMILES string of the molecule is N#CC1CCC(Cc2n[nH]c(=O)c3ccccc23)CC1. The molecule has 0 radical (unpaired) electrons. The Hall–Kier alpha value is -2.15. The summed E-state index contributed by atoms with van der Waals surface area (Å²) in [4.78, 5) is 11.8. The van der Waals surface area contributed by atoms with Crippen LogP contribution in [-0.2, 0) is 6.42 Å². The molecule has 0 saturated heterocycles. The van der Waals surface area contributed by atoms with Crippen molar-refractivity contribution in [3.63, 3.8) is 0 Å². The lowest BCUT2D eigenvalue weighted by Gasteiger charge is -2.24. The lowest BCUT2D eigenvalue weighted by atomic mass is 9.80. The number of benzene rings is 1. The Balaban J connectivity index is 1.84. The van der Waals surface area contributed by atoms with Crippen molar-refractivity contribution in [3.05, 3.63) is 40.3 Å². The van der Waals surface area contributed by atoms with Gasteiger partial charge in [0.2, 0.25) is 0 Å². The van der Waals surface area contributed by atoms with Gasteiger partial charge in [-0.05, 0) is 44.1 Å². The number of H-pyrrole nitrogens is 1. The van der Waals surface area contributed by atoms with Crippen molar-refractivity contribution in [1.82, 2.24) is 10.2 Å². The molecule has 1 saturated carbocycles. The summed E-state index contributed by atoms with van der Waals surface area (Å²) < 4.78 is 0. The molecule has 2 aromatic rings.